The summed E-state index contributed by atoms with van der Waals surface area (Å²) in [6.07, 6.45) is 2.26. The van der Waals surface area contributed by atoms with Gasteiger partial charge in [0.15, 0.2) is 7.28 Å². The van der Waals surface area contributed by atoms with E-state index in [1.165, 1.54) is 118 Å². The first-order valence-corrected chi connectivity index (χ1v) is 25.1. The fourth-order valence-electron chi connectivity index (χ4n) is 10.9. The summed E-state index contributed by atoms with van der Waals surface area (Å²) < 4.78 is 7.85. The summed E-state index contributed by atoms with van der Waals surface area (Å²) in [6.45, 7) is 18.5. The lowest BCUT2D eigenvalue weighted by Crippen LogP contribution is -2.38. The molecule has 2 aliphatic rings. The zero-order chi connectivity index (χ0) is 45.7. The second kappa shape index (κ2) is 14.3. The molecule has 0 spiro atoms. The van der Waals surface area contributed by atoms with Gasteiger partial charge in [-0.3, -0.25) is 0 Å². The SMILES string of the molecule is C=C1C=C(c2ccccc2)N(C)c2cc3c(cc21)Bc1c(-c2cc4c(cc2Nc2ccc(C(C)(C)C)cc2)sc2ccc(C(C)(C)C)cc24)ccc2c4cc5c(cc4n-3c12)sc1ccccc15. The Hall–Kier alpha value is -6.86. The van der Waals surface area contributed by atoms with E-state index in [0.29, 0.717) is 0 Å². The minimum absolute atomic E-state index is 0.0427. The van der Waals surface area contributed by atoms with Crippen LogP contribution in [0.15, 0.2) is 158 Å². The predicted octanol–water partition coefficient (Wildman–Crippen LogP) is 15.7. The summed E-state index contributed by atoms with van der Waals surface area (Å²) in [5, 5.41) is 11.8. The van der Waals surface area contributed by atoms with Crippen molar-refractivity contribution >= 4 is 131 Å². The highest BCUT2D eigenvalue weighted by atomic mass is 32.1. The van der Waals surface area contributed by atoms with Crippen LogP contribution in [0.1, 0.15) is 63.8 Å². The van der Waals surface area contributed by atoms with Gasteiger partial charge in [0, 0.05) is 97.6 Å². The highest BCUT2D eigenvalue weighted by molar-refractivity contribution is 7.26. The van der Waals surface area contributed by atoms with E-state index in [9.17, 15) is 0 Å². The maximum Gasteiger partial charge on any atom is 0.198 e. The molecule has 67 heavy (non-hydrogen) atoms. The lowest BCUT2D eigenvalue weighted by atomic mass is 9.58. The van der Waals surface area contributed by atoms with Gasteiger partial charge in [-0.25, -0.2) is 0 Å². The fourth-order valence-corrected chi connectivity index (χ4v) is 13.2. The molecule has 8 aromatic carbocycles. The highest BCUT2D eigenvalue weighted by Crippen LogP contribution is 2.47. The standard InChI is InChI=1S/C61H50BN3S2/c1-34-26-50(35-14-10-9-11-15-35)64(8)51-32-53-48(30-42(34)51)62-58-40(23-24-41-44-29-46-39-16-12-13-17-54(39)66-57(46)33-52(44)65(53)59(41)58)43-28-47-45-27-37(61(5,6)7)20-25-55(45)67-56(47)31-49(43)63-38-21-18-36(19-22-38)60(2,3)4/h9-33,62-63H,1H2,2-8H3. The Morgan fingerprint density at radius 1 is 0.537 bits per heavy atom. The van der Waals surface area contributed by atoms with E-state index in [0.717, 1.165) is 29.9 Å². The van der Waals surface area contributed by atoms with Crippen molar-refractivity contribution in [3.8, 4) is 16.8 Å². The summed E-state index contributed by atoms with van der Waals surface area (Å²) in [5.74, 6) is 0. The van der Waals surface area contributed by atoms with Crippen LogP contribution in [-0.4, -0.2) is 18.9 Å². The second-order valence-electron chi connectivity index (χ2n) is 20.9. The van der Waals surface area contributed by atoms with Crippen molar-refractivity contribution in [2.24, 2.45) is 0 Å². The maximum atomic E-state index is 4.68. The van der Waals surface area contributed by atoms with Gasteiger partial charge in [-0.05, 0) is 111 Å². The number of nitrogens with one attached hydrogen (secondary N) is 1. The Kier molecular flexibility index (Phi) is 8.64. The van der Waals surface area contributed by atoms with Crippen molar-refractivity contribution in [2.45, 2.75) is 52.4 Å². The van der Waals surface area contributed by atoms with Crippen LogP contribution in [0.4, 0.5) is 17.1 Å². The highest BCUT2D eigenvalue weighted by Gasteiger charge is 2.31. The average Bonchev–Trinajstić information content (AvgIpc) is 3.98. The molecule has 1 N–H and O–H groups in total. The molecule has 13 rings (SSSR count). The van der Waals surface area contributed by atoms with Gasteiger partial charge >= 0.3 is 0 Å². The summed E-state index contributed by atoms with van der Waals surface area (Å²) in [4.78, 5) is 2.36. The number of hydrogen-bond acceptors (Lipinski definition) is 4. The molecule has 0 radical (unpaired) electrons. The number of anilines is 3. The number of nitrogens with zero attached hydrogens (tertiary/aromatic N) is 2. The number of hydrogen-bond donors (Lipinski definition) is 1. The second-order valence-corrected chi connectivity index (χ2v) is 23.0. The third-order valence-corrected chi connectivity index (χ3v) is 16.8. The molecular formula is C61H50BN3S2. The van der Waals surface area contributed by atoms with Gasteiger partial charge < -0.3 is 14.8 Å². The van der Waals surface area contributed by atoms with Crippen LogP contribution in [0, 0.1) is 0 Å². The molecule has 0 aliphatic carbocycles. The molecule has 0 atom stereocenters. The fraction of sp³-hybridized carbons (Fsp3) is 0.148. The van der Waals surface area contributed by atoms with E-state index in [-0.39, 0.29) is 10.8 Å². The van der Waals surface area contributed by atoms with Gasteiger partial charge in [-0.15, -0.1) is 22.7 Å². The quantitative estimate of drug-likeness (QED) is 0.178. The van der Waals surface area contributed by atoms with E-state index in [1.54, 1.807) is 0 Å². The van der Waals surface area contributed by atoms with Gasteiger partial charge in [0.2, 0.25) is 0 Å². The number of allylic oxidation sites excluding steroid dienone is 2. The molecule has 5 heterocycles. The molecule has 0 saturated carbocycles. The van der Waals surface area contributed by atoms with Crippen LogP contribution in [0.2, 0.25) is 0 Å². The minimum atomic E-state index is 0.0427. The van der Waals surface area contributed by atoms with Crippen molar-refractivity contribution in [3.63, 3.8) is 0 Å². The normalized spacial score (nSPS) is 13.8. The lowest BCUT2D eigenvalue weighted by Gasteiger charge is -2.33. The van der Waals surface area contributed by atoms with Crippen LogP contribution in [0.5, 0.6) is 0 Å². The summed E-state index contributed by atoms with van der Waals surface area (Å²) in [6, 6.07) is 55.3. The largest absolute Gasteiger partial charge is 0.355 e. The van der Waals surface area contributed by atoms with Crippen LogP contribution in [0.25, 0.3) is 90.2 Å². The van der Waals surface area contributed by atoms with Crippen LogP contribution in [0.3, 0.4) is 0 Å². The summed E-state index contributed by atoms with van der Waals surface area (Å²) in [5.41, 5.74) is 19.7. The van der Waals surface area contributed by atoms with E-state index in [4.69, 9.17) is 0 Å². The maximum absolute atomic E-state index is 4.68. The van der Waals surface area contributed by atoms with Crippen LogP contribution < -0.4 is 21.1 Å². The van der Waals surface area contributed by atoms with Gasteiger partial charge in [-0.2, -0.15) is 0 Å². The molecule has 0 saturated heterocycles. The third kappa shape index (κ3) is 6.22. The molecule has 0 bridgehead atoms. The van der Waals surface area contributed by atoms with Crippen molar-refractivity contribution in [2.75, 3.05) is 17.3 Å². The van der Waals surface area contributed by atoms with Crippen LogP contribution in [-0.2, 0) is 10.8 Å². The van der Waals surface area contributed by atoms with E-state index < -0.39 is 0 Å². The van der Waals surface area contributed by atoms with Crippen molar-refractivity contribution in [3.05, 3.63) is 181 Å². The molecular weight excluding hydrogens is 850 g/mol. The zero-order valence-electron chi connectivity index (χ0n) is 39.1. The molecule has 0 fully saturated rings. The topological polar surface area (TPSA) is 20.2 Å². The van der Waals surface area contributed by atoms with E-state index in [2.05, 4.69) is 222 Å². The summed E-state index contributed by atoms with van der Waals surface area (Å²) >= 11 is 3.78. The number of fused-ring (bicyclic) bond motifs is 12. The van der Waals surface area contributed by atoms with Crippen molar-refractivity contribution < 1.29 is 0 Å². The molecule has 3 aromatic heterocycles. The lowest BCUT2D eigenvalue weighted by molar-refractivity contribution is 0.590. The first-order chi connectivity index (χ1) is 32.3. The minimum Gasteiger partial charge on any atom is -0.355 e. The van der Waals surface area contributed by atoms with E-state index in [1.807, 2.05) is 22.7 Å². The third-order valence-electron chi connectivity index (χ3n) is 14.6. The molecule has 0 amide bonds. The summed E-state index contributed by atoms with van der Waals surface area (Å²) in [7, 11) is 3.00. The van der Waals surface area contributed by atoms with Crippen molar-refractivity contribution in [1.29, 1.82) is 0 Å². The molecule has 11 aromatic rings. The Labute approximate surface area is 400 Å². The predicted molar refractivity (Wildman–Crippen MR) is 297 cm³/mol. The number of benzene rings is 8. The first kappa shape index (κ1) is 40.4. The van der Waals surface area contributed by atoms with E-state index >= 15 is 0 Å². The Morgan fingerprint density at radius 3 is 2.00 bits per heavy atom. The molecule has 324 valence electrons. The monoisotopic (exact) mass is 899 g/mol. The Balaban J connectivity index is 1.09. The molecule has 6 heteroatoms. The molecule has 3 nitrogen and oxygen atoms in total. The van der Waals surface area contributed by atoms with Crippen molar-refractivity contribution in [1.82, 2.24) is 4.57 Å². The smallest absolute Gasteiger partial charge is 0.198 e. The Bertz CT molecular complexity index is 3960. The molecule has 2 aliphatic heterocycles. The Morgan fingerprint density at radius 2 is 1.22 bits per heavy atom. The van der Waals surface area contributed by atoms with Gasteiger partial charge in [0.1, 0.15) is 0 Å². The van der Waals surface area contributed by atoms with Crippen LogP contribution >= 0.6 is 22.7 Å². The van der Waals surface area contributed by atoms with Gasteiger partial charge in [-0.1, -0.05) is 139 Å². The molecule has 0 unspecified atom stereocenters. The zero-order valence-corrected chi connectivity index (χ0v) is 40.7. The number of thiophene rings is 2. The van der Waals surface area contributed by atoms with Gasteiger partial charge in [0.25, 0.3) is 0 Å². The van der Waals surface area contributed by atoms with Gasteiger partial charge in [0.05, 0.1) is 11.2 Å². The number of rotatable bonds is 4. The number of aromatic nitrogens is 1. The average molecular weight is 900 g/mol. The first-order valence-electron chi connectivity index (χ1n) is 23.4.